The van der Waals surface area contributed by atoms with E-state index < -0.39 is 28.5 Å². The van der Waals surface area contributed by atoms with Gasteiger partial charge in [-0.15, -0.1) is 0 Å². The monoisotopic (exact) mass is 315 g/mol. The van der Waals surface area contributed by atoms with E-state index in [1.807, 2.05) is 0 Å². The van der Waals surface area contributed by atoms with Crippen molar-refractivity contribution in [1.29, 1.82) is 0 Å². The van der Waals surface area contributed by atoms with Gasteiger partial charge in [-0.1, -0.05) is 25.4 Å². The molecule has 1 aromatic rings. The highest BCUT2D eigenvalue weighted by atomic mass is 35.5. The van der Waals surface area contributed by atoms with Crippen molar-refractivity contribution in [3.05, 3.63) is 33.1 Å². The Labute approximate surface area is 125 Å². The van der Waals surface area contributed by atoms with Gasteiger partial charge in [-0.2, -0.15) is 0 Å². The first kappa shape index (κ1) is 16.8. The molecule has 114 valence electrons. The summed E-state index contributed by atoms with van der Waals surface area (Å²) in [5.41, 5.74) is -0.765. The Morgan fingerprint density at radius 1 is 1.48 bits per heavy atom. The second-order valence-corrected chi connectivity index (χ2v) is 4.89. The van der Waals surface area contributed by atoms with Gasteiger partial charge in [-0.05, 0) is 12.0 Å². The summed E-state index contributed by atoms with van der Waals surface area (Å²) < 4.78 is 4.59. The second-order valence-electron chi connectivity index (χ2n) is 4.50. The Hall–Kier alpha value is -2.22. The number of carbonyl (C=O) groups excluding carboxylic acids is 2. The fourth-order valence-corrected chi connectivity index (χ4v) is 1.75. The molecule has 0 aliphatic rings. The molecule has 1 heterocycles. The zero-order valence-corrected chi connectivity index (χ0v) is 12.4. The van der Waals surface area contributed by atoms with Crippen LogP contribution >= 0.6 is 11.6 Å². The van der Waals surface area contributed by atoms with Gasteiger partial charge in [0.1, 0.15) is 23.0 Å². The van der Waals surface area contributed by atoms with Gasteiger partial charge in [0.25, 0.3) is 11.6 Å². The Morgan fingerprint density at radius 3 is 2.57 bits per heavy atom. The molecule has 1 amide bonds. The van der Waals surface area contributed by atoms with Crippen molar-refractivity contribution >= 4 is 29.2 Å². The Kier molecular flexibility index (Phi) is 5.60. The first-order valence-electron chi connectivity index (χ1n) is 5.96. The van der Waals surface area contributed by atoms with Crippen LogP contribution in [0.2, 0.25) is 5.15 Å². The minimum atomic E-state index is -0.922. The molecule has 0 aliphatic carbocycles. The number of amides is 1. The molecule has 0 unspecified atom stereocenters. The molecule has 1 rings (SSSR count). The molecule has 1 N–H and O–H groups in total. The largest absolute Gasteiger partial charge is 0.467 e. The molecule has 9 heteroatoms. The summed E-state index contributed by atoms with van der Waals surface area (Å²) in [6.07, 6.45) is 0.889. The summed E-state index contributed by atoms with van der Waals surface area (Å²) in [6.45, 7) is 3.41. The molecule has 8 nitrogen and oxygen atoms in total. The van der Waals surface area contributed by atoms with Gasteiger partial charge in [0.05, 0.1) is 12.0 Å². The van der Waals surface area contributed by atoms with E-state index in [9.17, 15) is 19.7 Å². The number of nitrogens with one attached hydrogen (secondary N) is 1. The maximum absolute atomic E-state index is 12.1. The summed E-state index contributed by atoms with van der Waals surface area (Å²) in [4.78, 5) is 37.5. The third-order valence-corrected chi connectivity index (χ3v) is 2.91. The van der Waals surface area contributed by atoms with Gasteiger partial charge < -0.3 is 10.1 Å². The molecule has 21 heavy (non-hydrogen) atoms. The number of esters is 1. The molecular formula is C12H14ClN3O5. The third-order valence-electron chi connectivity index (χ3n) is 2.70. The first-order chi connectivity index (χ1) is 9.77. The van der Waals surface area contributed by atoms with Crippen molar-refractivity contribution in [2.45, 2.75) is 19.9 Å². The lowest BCUT2D eigenvalue weighted by molar-refractivity contribution is -0.385. The number of carbonyl (C=O) groups is 2. The average Bonchev–Trinajstić information content (AvgIpc) is 2.42. The number of nitrogens with zero attached hydrogens (tertiary/aromatic N) is 2. The Morgan fingerprint density at radius 2 is 2.10 bits per heavy atom. The van der Waals surface area contributed by atoms with Crippen LogP contribution in [0.25, 0.3) is 0 Å². The zero-order valence-electron chi connectivity index (χ0n) is 11.6. The highest BCUT2D eigenvalue weighted by Crippen LogP contribution is 2.20. The molecule has 0 fully saturated rings. The van der Waals surface area contributed by atoms with Gasteiger partial charge in [-0.3, -0.25) is 14.9 Å². The number of methoxy groups -OCH3 is 1. The molecule has 0 saturated carbocycles. The lowest BCUT2D eigenvalue weighted by Crippen LogP contribution is -2.45. The molecule has 0 aliphatic heterocycles. The van der Waals surface area contributed by atoms with Gasteiger partial charge in [0, 0.05) is 0 Å². The quantitative estimate of drug-likeness (QED) is 0.382. The number of halogens is 1. The number of rotatable bonds is 5. The molecule has 1 aromatic heterocycles. The van der Waals surface area contributed by atoms with Gasteiger partial charge in [-0.25, -0.2) is 9.78 Å². The van der Waals surface area contributed by atoms with Crippen molar-refractivity contribution in [3.63, 3.8) is 0 Å². The molecule has 0 aromatic carbocycles. The maximum atomic E-state index is 12.1. The van der Waals surface area contributed by atoms with Crippen LogP contribution in [0, 0.1) is 16.0 Å². The maximum Gasteiger partial charge on any atom is 0.328 e. The predicted molar refractivity (Wildman–Crippen MR) is 74.0 cm³/mol. The molecule has 0 spiro atoms. The first-order valence-corrected chi connectivity index (χ1v) is 6.34. The summed E-state index contributed by atoms with van der Waals surface area (Å²) >= 11 is 5.65. The summed E-state index contributed by atoms with van der Waals surface area (Å²) in [5, 5.41) is 13.2. The molecular weight excluding hydrogens is 302 g/mol. The van der Waals surface area contributed by atoms with Gasteiger partial charge in [0.15, 0.2) is 0 Å². The third kappa shape index (κ3) is 4.12. The fraction of sp³-hybridized carbons (Fsp3) is 0.417. The lowest BCUT2D eigenvalue weighted by Gasteiger charge is -2.19. The van der Waals surface area contributed by atoms with Crippen molar-refractivity contribution in [2.75, 3.05) is 7.11 Å². The predicted octanol–water partition coefficient (Wildman–Crippen LogP) is 1.57. The van der Waals surface area contributed by atoms with Crippen LogP contribution in [0.1, 0.15) is 24.2 Å². The van der Waals surface area contributed by atoms with Crippen LogP contribution in [-0.2, 0) is 9.53 Å². The van der Waals surface area contributed by atoms with E-state index in [4.69, 9.17) is 11.6 Å². The molecule has 1 atom stereocenters. The van der Waals surface area contributed by atoms with Crippen LogP contribution in [0.5, 0.6) is 0 Å². The van der Waals surface area contributed by atoms with E-state index in [-0.39, 0.29) is 16.6 Å². The molecule has 0 saturated heterocycles. The van der Waals surface area contributed by atoms with E-state index in [1.165, 1.54) is 7.11 Å². The van der Waals surface area contributed by atoms with Crippen molar-refractivity contribution in [3.8, 4) is 0 Å². The van der Waals surface area contributed by atoms with Crippen LogP contribution < -0.4 is 5.32 Å². The molecule has 0 bridgehead atoms. The number of hydrogen-bond donors (Lipinski definition) is 1. The number of aromatic nitrogens is 1. The fourth-order valence-electron chi connectivity index (χ4n) is 1.59. The lowest BCUT2D eigenvalue weighted by atomic mass is 10.0. The highest BCUT2D eigenvalue weighted by molar-refractivity contribution is 6.29. The summed E-state index contributed by atoms with van der Waals surface area (Å²) in [7, 11) is 1.19. The van der Waals surface area contributed by atoms with E-state index in [2.05, 4.69) is 15.0 Å². The average molecular weight is 316 g/mol. The van der Waals surface area contributed by atoms with Crippen LogP contribution in [-0.4, -0.2) is 34.9 Å². The van der Waals surface area contributed by atoms with Gasteiger partial charge in [0.2, 0.25) is 0 Å². The SMILES string of the molecule is COC(=O)[C@@H](NC(=O)c1cc(Cl)ncc1[N+](=O)[O-])C(C)C. The van der Waals surface area contributed by atoms with Gasteiger partial charge >= 0.3 is 5.97 Å². The van der Waals surface area contributed by atoms with Crippen LogP contribution in [0.15, 0.2) is 12.3 Å². The minimum Gasteiger partial charge on any atom is -0.467 e. The summed E-state index contributed by atoms with van der Waals surface area (Å²) in [6, 6.07) is 0.151. The van der Waals surface area contributed by atoms with Crippen LogP contribution in [0.3, 0.4) is 0 Å². The van der Waals surface area contributed by atoms with Crippen molar-refractivity contribution in [2.24, 2.45) is 5.92 Å². The number of ether oxygens (including phenoxy) is 1. The van der Waals surface area contributed by atoms with Crippen molar-refractivity contribution in [1.82, 2.24) is 10.3 Å². The highest BCUT2D eigenvalue weighted by Gasteiger charge is 2.28. The number of pyridine rings is 1. The summed E-state index contributed by atoms with van der Waals surface area (Å²) in [5.74, 6) is -1.69. The standard InChI is InChI=1S/C12H14ClN3O5/c1-6(2)10(12(18)21-3)15-11(17)7-4-9(13)14-5-8(7)16(19)20/h4-6,10H,1-3H3,(H,15,17)/t10-/m0/s1. The van der Waals surface area contributed by atoms with E-state index in [1.54, 1.807) is 13.8 Å². The Balaban J connectivity index is 3.11. The smallest absolute Gasteiger partial charge is 0.328 e. The topological polar surface area (TPSA) is 111 Å². The Bertz CT molecular complexity index is 576. The van der Waals surface area contributed by atoms with E-state index in [0.717, 1.165) is 12.3 Å². The minimum absolute atomic E-state index is 0.0649. The van der Waals surface area contributed by atoms with Crippen LogP contribution in [0.4, 0.5) is 5.69 Å². The van der Waals surface area contributed by atoms with E-state index in [0.29, 0.717) is 0 Å². The molecule has 0 radical (unpaired) electrons. The second kappa shape index (κ2) is 6.98. The number of nitro groups is 1. The zero-order chi connectivity index (χ0) is 16.2. The van der Waals surface area contributed by atoms with E-state index >= 15 is 0 Å². The number of hydrogen-bond acceptors (Lipinski definition) is 6. The van der Waals surface area contributed by atoms with Crippen molar-refractivity contribution < 1.29 is 19.2 Å². The normalized spacial score (nSPS) is 11.9.